The molecular formula is C22H28N2O4. The Morgan fingerprint density at radius 3 is 2.75 bits per heavy atom. The molecule has 5 N–H and O–H groups in total. The minimum absolute atomic E-state index is 0.0674. The highest BCUT2D eigenvalue weighted by molar-refractivity contribution is 5.96. The number of likely N-dealkylation sites (tertiary alicyclic amines) is 1. The Kier molecular flexibility index (Phi) is 3.14. The first-order chi connectivity index (χ1) is 13.3. The normalized spacial score (nSPS) is 45.6. The number of aliphatic hydroxyl groups excluding tert-OH is 1. The molecule has 1 aliphatic heterocycles. The van der Waals surface area contributed by atoms with Crippen molar-refractivity contribution in [2.45, 2.75) is 80.1 Å². The van der Waals surface area contributed by atoms with Gasteiger partial charge in [0.2, 0.25) is 0 Å². The number of carbonyl (C=O) groups excluding carboxylic acids is 1. The summed E-state index contributed by atoms with van der Waals surface area (Å²) < 4.78 is 0. The Labute approximate surface area is 164 Å². The van der Waals surface area contributed by atoms with Crippen molar-refractivity contribution in [2.24, 2.45) is 11.7 Å². The van der Waals surface area contributed by atoms with E-state index >= 15 is 0 Å². The minimum atomic E-state index is -0.977. The van der Waals surface area contributed by atoms with Gasteiger partial charge in [-0.15, -0.1) is 0 Å². The van der Waals surface area contributed by atoms with E-state index in [0.29, 0.717) is 24.8 Å². The van der Waals surface area contributed by atoms with Crippen molar-refractivity contribution in [1.29, 1.82) is 0 Å². The predicted octanol–water partition coefficient (Wildman–Crippen LogP) is 1.19. The average molecular weight is 384 g/mol. The maximum Gasteiger partial charge on any atom is 0.252 e. The number of primary amides is 1. The number of benzene rings is 1. The Morgan fingerprint density at radius 2 is 2.07 bits per heavy atom. The molecule has 28 heavy (non-hydrogen) atoms. The third-order valence-corrected chi connectivity index (χ3v) is 8.84. The molecule has 1 aromatic carbocycles. The predicted molar refractivity (Wildman–Crippen MR) is 102 cm³/mol. The standard InChI is InChI=1S/C22H28N2O4/c23-18(27)15-5-4-13-8-21-11-20(16(13)17(15)26)9-14(25)6-7-22(20,28)19(21)24(21)10-12-2-1-3-12/h4-5,12,14,19,25-26,28H,1-3,6-11H2,(H2,23,27). The molecule has 3 saturated carbocycles. The maximum absolute atomic E-state index is 12.1. The van der Waals surface area contributed by atoms with Crippen molar-refractivity contribution in [3.05, 3.63) is 28.8 Å². The summed E-state index contributed by atoms with van der Waals surface area (Å²) in [5.74, 6) is -0.00920. The second-order valence-corrected chi connectivity index (χ2v) is 10.1. The molecule has 0 aromatic heterocycles. The molecular weight excluding hydrogens is 356 g/mol. The summed E-state index contributed by atoms with van der Waals surface area (Å²) in [5.41, 5.74) is 5.52. The lowest BCUT2D eigenvalue weighted by Gasteiger charge is -2.53. The van der Waals surface area contributed by atoms with Gasteiger partial charge in [-0.25, -0.2) is 0 Å². The van der Waals surface area contributed by atoms with Crippen molar-refractivity contribution in [1.82, 2.24) is 4.90 Å². The van der Waals surface area contributed by atoms with Gasteiger partial charge >= 0.3 is 0 Å². The first-order valence-corrected chi connectivity index (χ1v) is 10.6. The van der Waals surface area contributed by atoms with Crippen LogP contribution in [0.5, 0.6) is 5.75 Å². The van der Waals surface area contributed by atoms with Crippen LogP contribution in [-0.2, 0) is 11.8 Å². The van der Waals surface area contributed by atoms with Crippen LogP contribution >= 0.6 is 0 Å². The number of hydrogen-bond donors (Lipinski definition) is 4. The van der Waals surface area contributed by atoms with Gasteiger partial charge in [0.05, 0.1) is 23.3 Å². The number of phenols is 1. The van der Waals surface area contributed by atoms with Gasteiger partial charge in [0.1, 0.15) is 5.75 Å². The monoisotopic (exact) mass is 384 g/mol. The van der Waals surface area contributed by atoms with Crippen LogP contribution in [0.1, 0.15) is 66.4 Å². The maximum atomic E-state index is 12.1. The molecule has 6 unspecified atom stereocenters. The van der Waals surface area contributed by atoms with E-state index in [0.717, 1.165) is 30.9 Å². The van der Waals surface area contributed by atoms with E-state index in [1.54, 1.807) is 6.07 Å². The van der Waals surface area contributed by atoms with Crippen molar-refractivity contribution in [3.63, 3.8) is 0 Å². The smallest absolute Gasteiger partial charge is 0.252 e. The fourth-order valence-electron chi connectivity index (χ4n) is 7.54. The minimum Gasteiger partial charge on any atom is -0.507 e. The van der Waals surface area contributed by atoms with E-state index in [9.17, 15) is 20.1 Å². The van der Waals surface area contributed by atoms with E-state index in [2.05, 4.69) is 4.90 Å². The van der Waals surface area contributed by atoms with Crippen molar-refractivity contribution in [3.8, 4) is 5.75 Å². The Balaban J connectivity index is 1.52. The topological polar surface area (TPSA) is 107 Å². The van der Waals surface area contributed by atoms with Crippen LogP contribution < -0.4 is 5.73 Å². The largest absolute Gasteiger partial charge is 0.507 e. The van der Waals surface area contributed by atoms with E-state index in [4.69, 9.17) is 5.73 Å². The molecule has 6 heteroatoms. The fourth-order valence-corrected chi connectivity index (χ4v) is 7.54. The summed E-state index contributed by atoms with van der Waals surface area (Å²) in [5, 5.41) is 33.6. The van der Waals surface area contributed by atoms with Crippen LogP contribution in [0.25, 0.3) is 0 Å². The number of nitrogens with zero attached hydrogens (tertiary/aromatic N) is 1. The molecule has 4 fully saturated rings. The number of amides is 1. The molecule has 150 valence electrons. The number of hydrogen-bond acceptors (Lipinski definition) is 5. The summed E-state index contributed by atoms with van der Waals surface area (Å²) >= 11 is 0. The Morgan fingerprint density at radius 1 is 1.29 bits per heavy atom. The van der Waals surface area contributed by atoms with Crippen LogP contribution in [0.15, 0.2) is 12.1 Å². The average Bonchev–Trinajstić information content (AvgIpc) is 3.13. The third kappa shape index (κ3) is 1.78. The van der Waals surface area contributed by atoms with Crippen LogP contribution in [0.3, 0.4) is 0 Å². The number of piperidine rings is 1. The van der Waals surface area contributed by atoms with Crippen LogP contribution in [0.2, 0.25) is 0 Å². The number of nitrogens with two attached hydrogens (primary N) is 1. The SMILES string of the molecule is NC(=O)c1ccc2c(c1O)C13CC(O)CCC1(O)C1N(CC4CCC4)C1(C2)C3. The molecule has 6 rings (SSSR count). The molecule has 1 saturated heterocycles. The molecule has 2 bridgehead atoms. The molecule has 1 heterocycles. The molecule has 6 atom stereocenters. The summed E-state index contributed by atoms with van der Waals surface area (Å²) in [7, 11) is 0. The van der Waals surface area contributed by atoms with Crippen LogP contribution in [-0.4, -0.2) is 56.0 Å². The van der Waals surface area contributed by atoms with Crippen molar-refractivity contribution < 1.29 is 20.1 Å². The lowest BCUT2D eigenvalue weighted by atomic mass is 9.56. The van der Waals surface area contributed by atoms with E-state index < -0.39 is 23.0 Å². The molecule has 0 radical (unpaired) electrons. The Bertz CT molecular complexity index is 899. The van der Waals surface area contributed by atoms with E-state index in [1.165, 1.54) is 19.3 Å². The second-order valence-electron chi connectivity index (χ2n) is 10.1. The molecule has 1 amide bonds. The lowest BCUT2D eigenvalue weighted by molar-refractivity contribution is -0.105. The zero-order chi connectivity index (χ0) is 19.5. The highest BCUT2D eigenvalue weighted by atomic mass is 16.3. The van der Waals surface area contributed by atoms with Crippen molar-refractivity contribution >= 4 is 5.91 Å². The van der Waals surface area contributed by atoms with Crippen molar-refractivity contribution in [2.75, 3.05) is 6.54 Å². The molecule has 2 spiro atoms. The Hall–Kier alpha value is -1.63. The lowest BCUT2D eigenvalue weighted by Crippen LogP contribution is -2.59. The van der Waals surface area contributed by atoms with Gasteiger partial charge in [-0.3, -0.25) is 9.69 Å². The number of aromatic hydroxyl groups is 1. The molecule has 5 aliphatic rings. The van der Waals surface area contributed by atoms with Gasteiger partial charge in [-0.2, -0.15) is 0 Å². The van der Waals surface area contributed by atoms with Gasteiger partial charge in [-0.05, 0) is 62.5 Å². The summed E-state index contributed by atoms with van der Waals surface area (Å²) in [6, 6.07) is 3.60. The summed E-state index contributed by atoms with van der Waals surface area (Å²) in [6.45, 7) is 1.05. The quantitative estimate of drug-likeness (QED) is 0.586. The second kappa shape index (κ2) is 5.10. The number of aliphatic hydroxyl groups is 2. The zero-order valence-corrected chi connectivity index (χ0v) is 16.0. The van der Waals surface area contributed by atoms with Gasteiger partial charge in [0, 0.05) is 23.1 Å². The fraction of sp³-hybridized carbons (Fsp3) is 0.682. The van der Waals surface area contributed by atoms with E-state index in [-0.39, 0.29) is 22.9 Å². The van der Waals surface area contributed by atoms with Gasteiger partial charge < -0.3 is 21.1 Å². The highest BCUT2D eigenvalue weighted by Crippen LogP contribution is 2.74. The number of fused-ring (bicyclic) bond motifs is 2. The van der Waals surface area contributed by atoms with Crippen LogP contribution in [0.4, 0.5) is 0 Å². The van der Waals surface area contributed by atoms with E-state index in [1.807, 2.05) is 6.07 Å². The van der Waals surface area contributed by atoms with Gasteiger partial charge in [0.25, 0.3) is 5.91 Å². The molecule has 6 nitrogen and oxygen atoms in total. The van der Waals surface area contributed by atoms with Gasteiger partial charge in [0.15, 0.2) is 0 Å². The zero-order valence-electron chi connectivity index (χ0n) is 16.0. The first-order valence-electron chi connectivity index (χ1n) is 10.6. The highest BCUT2D eigenvalue weighted by Gasteiger charge is 2.84. The van der Waals surface area contributed by atoms with Gasteiger partial charge in [-0.1, -0.05) is 12.5 Å². The molecule has 4 aliphatic carbocycles. The first kappa shape index (κ1) is 17.2. The van der Waals surface area contributed by atoms with Crippen LogP contribution in [0, 0.1) is 5.92 Å². The molecule has 1 aromatic rings. The summed E-state index contributed by atoms with van der Waals surface area (Å²) in [6.07, 6.45) is 6.43. The number of carbonyl (C=O) groups is 1. The summed E-state index contributed by atoms with van der Waals surface area (Å²) in [4.78, 5) is 14.4. The number of rotatable bonds is 3. The third-order valence-electron chi connectivity index (χ3n) is 8.84.